The Balaban J connectivity index is 1.49. The van der Waals surface area contributed by atoms with Crippen LogP contribution in [0.2, 0.25) is 5.02 Å². The van der Waals surface area contributed by atoms with E-state index >= 15 is 0 Å². The maximum atomic E-state index is 12.6. The number of aryl methyl sites for hydroxylation is 1. The van der Waals surface area contributed by atoms with Gasteiger partial charge in [-0.1, -0.05) is 23.8 Å². The number of nitrogens with zero attached hydrogens (tertiary/aromatic N) is 1. The first kappa shape index (κ1) is 17.1. The first-order chi connectivity index (χ1) is 12.4. The predicted octanol–water partition coefficient (Wildman–Crippen LogP) is 2.40. The SMILES string of the molecule is COc1cc(Cl)c(C)cc1NC(=O)CN1C(=O)[C@@H]2[C@@H](C1=O)[C@H]1C=C[C@H]2C1. The summed E-state index contributed by atoms with van der Waals surface area (Å²) in [6.07, 6.45) is 4.93. The summed E-state index contributed by atoms with van der Waals surface area (Å²) in [6.45, 7) is 1.53. The van der Waals surface area contributed by atoms with E-state index in [-0.39, 0.29) is 42.0 Å². The number of carbonyl (C=O) groups is 3. The fourth-order valence-electron chi connectivity index (χ4n) is 4.38. The number of nitrogens with one attached hydrogen (secondary N) is 1. The summed E-state index contributed by atoms with van der Waals surface area (Å²) < 4.78 is 5.24. The number of likely N-dealkylation sites (tertiary alicyclic amines) is 1. The predicted molar refractivity (Wildman–Crippen MR) is 95.8 cm³/mol. The van der Waals surface area contributed by atoms with Crippen molar-refractivity contribution in [2.75, 3.05) is 19.0 Å². The molecule has 136 valence electrons. The summed E-state index contributed by atoms with van der Waals surface area (Å²) in [4.78, 5) is 38.9. The second-order valence-corrected chi connectivity index (χ2v) is 7.52. The fraction of sp³-hybridized carbons (Fsp3) is 0.421. The van der Waals surface area contributed by atoms with Crippen LogP contribution in [-0.4, -0.2) is 36.3 Å². The van der Waals surface area contributed by atoms with E-state index in [1.807, 2.05) is 19.1 Å². The molecule has 2 aliphatic carbocycles. The van der Waals surface area contributed by atoms with Crippen LogP contribution in [0, 0.1) is 30.6 Å². The van der Waals surface area contributed by atoms with Gasteiger partial charge < -0.3 is 10.1 Å². The molecule has 7 heteroatoms. The standard InChI is InChI=1S/C19H19ClN2O4/c1-9-5-13(14(26-2)7-12(9)20)21-15(23)8-22-18(24)16-10-3-4-11(6-10)17(16)19(22)25/h3-5,7,10-11,16-17H,6,8H2,1-2H3,(H,21,23)/t10-,11-,16-,17-/m0/s1. The Morgan fingerprint density at radius 1 is 1.23 bits per heavy atom. The van der Waals surface area contributed by atoms with Gasteiger partial charge in [-0.15, -0.1) is 0 Å². The number of carbonyl (C=O) groups excluding carboxylic acids is 3. The molecule has 4 atom stereocenters. The van der Waals surface area contributed by atoms with Crippen LogP contribution in [0.4, 0.5) is 5.69 Å². The van der Waals surface area contributed by atoms with Gasteiger partial charge in [-0.05, 0) is 36.8 Å². The van der Waals surface area contributed by atoms with Crippen molar-refractivity contribution in [3.8, 4) is 5.75 Å². The molecule has 1 N–H and O–H groups in total. The monoisotopic (exact) mass is 374 g/mol. The van der Waals surface area contributed by atoms with E-state index in [9.17, 15) is 14.4 Å². The lowest BCUT2D eigenvalue weighted by atomic mass is 9.85. The summed E-state index contributed by atoms with van der Waals surface area (Å²) in [5.41, 5.74) is 1.24. The van der Waals surface area contributed by atoms with Crippen molar-refractivity contribution in [1.29, 1.82) is 0 Å². The maximum Gasteiger partial charge on any atom is 0.244 e. The molecule has 6 nitrogen and oxygen atoms in total. The van der Waals surface area contributed by atoms with Gasteiger partial charge in [-0.25, -0.2) is 0 Å². The maximum absolute atomic E-state index is 12.6. The van der Waals surface area contributed by atoms with Crippen LogP contribution in [0.1, 0.15) is 12.0 Å². The van der Waals surface area contributed by atoms with Crippen molar-refractivity contribution in [3.63, 3.8) is 0 Å². The summed E-state index contributed by atoms with van der Waals surface area (Å²) in [7, 11) is 1.48. The highest BCUT2D eigenvalue weighted by atomic mass is 35.5. The molecule has 1 aliphatic heterocycles. The average molecular weight is 375 g/mol. The van der Waals surface area contributed by atoms with Crippen molar-refractivity contribution in [2.45, 2.75) is 13.3 Å². The van der Waals surface area contributed by atoms with E-state index in [2.05, 4.69) is 5.32 Å². The number of halogens is 1. The van der Waals surface area contributed by atoms with E-state index in [0.29, 0.717) is 16.5 Å². The smallest absolute Gasteiger partial charge is 0.244 e. The van der Waals surface area contributed by atoms with Crippen molar-refractivity contribution in [3.05, 3.63) is 34.9 Å². The van der Waals surface area contributed by atoms with E-state index in [1.165, 1.54) is 7.11 Å². The number of allylic oxidation sites excluding steroid dienone is 2. The highest BCUT2D eigenvalue weighted by Gasteiger charge is 2.59. The molecule has 2 fully saturated rings. The molecule has 1 heterocycles. The molecular weight excluding hydrogens is 356 g/mol. The number of benzene rings is 1. The Bertz CT molecular complexity index is 820. The van der Waals surface area contributed by atoms with Gasteiger partial charge >= 0.3 is 0 Å². The minimum Gasteiger partial charge on any atom is -0.495 e. The van der Waals surface area contributed by atoms with Crippen LogP contribution < -0.4 is 10.1 Å². The number of anilines is 1. The van der Waals surface area contributed by atoms with Crippen LogP contribution in [0.3, 0.4) is 0 Å². The number of amides is 3. The number of imide groups is 1. The molecule has 2 bridgehead atoms. The zero-order chi connectivity index (χ0) is 18.6. The molecule has 1 aromatic carbocycles. The van der Waals surface area contributed by atoms with Gasteiger partial charge in [0.25, 0.3) is 0 Å². The molecule has 3 amide bonds. The largest absolute Gasteiger partial charge is 0.495 e. The summed E-state index contributed by atoms with van der Waals surface area (Å²) in [5, 5.41) is 3.25. The van der Waals surface area contributed by atoms with Gasteiger partial charge in [0.2, 0.25) is 17.7 Å². The summed E-state index contributed by atoms with van der Waals surface area (Å²) in [6, 6.07) is 3.32. The Hall–Kier alpha value is -2.34. The normalized spacial score (nSPS) is 28.7. The van der Waals surface area contributed by atoms with Gasteiger partial charge in [0.15, 0.2) is 0 Å². The van der Waals surface area contributed by atoms with E-state index < -0.39 is 5.91 Å². The topological polar surface area (TPSA) is 75.7 Å². The van der Waals surface area contributed by atoms with Crippen LogP contribution >= 0.6 is 11.6 Å². The van der Waals surface area contributed by atoms with E-state index in [1.54, 1.807) is 12.1 Å². The van der Waals surface area contributed by atoms with Crippen LogP contribution in [0.25, 0.3) is 0 Å². The quantitative estimate of drug-likeness (QED) is 0.648. The number of fused-ring (bicyclic) bond motifs is 5. The first-order valence-corrected chi connectivity index (χ1v) is 8.96. The lowest BCUT2D eigenvalue weighted by Crippen LogP contribution is -2.39. The molecule has 0 aromatic heterocycles. The van der Waals surface area contributed by atoms with Crippen LogP contribution in [0.5, 0.6) is 5.75 Å². The van der Waals surface area contributed by atoms with Gasteiger partial charge in [0.05, 0.1) is 24.6 Å². The summed E-state index contributed by atoms with van der Waals surface area (Å²) >= 11 is 6.07. The highest BCUT2D eigenvalue weighted by Crippen LogP contribution is 2.52. The molecule has 0 spiro atoms. The molecule has 1 saturated carbocycles. The number of rotatable bonds is 4. The Morgan fingerprint density at radius 3 is 2.42 bits per heavy atom. The van der Waals surface area contributed by atoms with E-state index in [4.69, 9.17) is 16.3 Å². The summed E-state index contributed by atoms with van der Waals surface area (Å²) in [5.74, 6) is -0.797. The zero-order valence-corrected chi connectivity index (χ0v) is 15.2. The molecule has 1 saturated heterocycles. The Kier molecular flexibility index (Phi) is 4.03. The van der Waals surface area contributed by atoms with Gasteiger partial charge in [-0.2, -0.15) is 0 Å². The van der Waals surface area contributed by atoms with Crippen molar-refractivity contribution in [1.82, 2.24) is 4.90 Å². The Morgan fingerprint density at radius 2 is 1.85 bits per heavy atom. The lowest BCUT2D eigenvalue weighted by molar-refractivity contribution is -0.143. The molecule has 0 unspecified atom stereocenters. The van der Waals surface area contributed by atoms with E-state index in [0.717, 1.165) is 16.9 Å². The minimum atomic E-state index is -0.438. The zero-order valence-electron chi connectivity index (χ0n) is 14.5. The molecule has 3 aliphatic rings. The van der Waals surface area contributed by atoms with Gasteiger partial charge in [0, 0.05) is 11.1 Å². The third-order valence-electron chi connectivity index (χ3n) is 5.62. The van der Waals surface area contributed by atoms with Crippen molar-refractivity contribution >= 4 is 35.0 Å². The lowest BCUT2D eigenvalue weighted by Gasteiger charge is -2.18. The fourth-order valence-corrected chi connectivity index (χ4v) is 4.54. The molecule has 1 aromatic rings. The van der Waals surface area contributed by atoms with Crippen LogP contribution in [0.15, 0.2) is 24.3 Å². The number of hydrogen-bond donors (Lipinski definition) is 1. The third kappa shape index (κ3) is 2.51. The molecule has 4 rings (SSSR count). The number of methoxy groups -OCH3 is 1. The molecular formula is C19H19ClN2O4. The average Bonchev–Trinajstić information content (AvgIpc) is 3.28. The van der Waals surface area contributed by atoms with Crippen molar-refractivity contribution < 1.29 is 19.1 Å². The minimum absolute atomic E-state index is 0.133. The highest BCUT2D eigenvalue weighted by molar-refractivity contribution is 6.31. The van der Waals surface area contributed by atoms with Gasteiger partial charge in [0.1, 0.15) is 12.3 Å². The van der Waals surface area contributed by atoms with Crippen molar-refractivity contribution in [2.24, 2.45) is 23.7 Å². The third-order valence-corrected chi connectivity index (χ3v) is 6.03. The first-order valence-electron chi connectivity index (χ1n) is 8.58. The second kappa shape index (κ2) is 6.13. The van der Waals surface area contributed by atoms with Gasteiger partial charge in [-0.3, -0.25) is 19.3 Å². The second-order valence-electron chi connectivity index (χ2n) is 7.11. The van der Waals surface area contributed by atoms with Crippen LogP contribution in [-0.2, 0) is 14.4 Å². The number of ether oxygens (including phenoxy) is 1. The molecule has 0 radical (unpaired) electrons. The molecule has 26 heavy (non-hydrogen) atoms. The number of hydrogen-bond acceptors (Lipinski definition) is 4. The Labute approximate surface area is 156 Å².